The van der Waals surface area contributed by atoms with E-state index >= 15 is 0 Å². The first kappa shape index (κ1) is 15.8. The van der Waals surface area contributed by atoms with Crippen LogP contribution in [0.5, 0.6) is 0 Å². The lowest BCUT2D eigenvalue weighted by molar-refractivity contribution is 0.100. The topological polar surface area (TPSA) is 98.1 Å². The molecule has 1 aliphatic carbocycles. The zero-order valence-electron chi connectivity index (χ0n) is 14.0. The first-order valence-corrected chi connectivity index (χ1v) is 8.58. The Morgan fingerprint density at radius 3 is 2.76 bits per heavy atom. The number of hydrogen-bond donors (Lipinski definition) is 2. The van der Waals surface area contributed by atoms with Gasteiger partial charge in [-0.1, -0.05) is 12.1 Å². The van der Waals surface area contributed by atoms with Crippen LogP contribution in [-0.2, 0) is 6.42 Å². The number of carbonyl (C=O) groups excluding carboxylic acids is 1. The molecule has 1 aliphatic heterocycles. The molecule has 0 radical (unpaired) electrons. The fraction of sp³-hybridized carbons (Fsp3) is 0.316. The molecule has 1 fully saturated rings. The summed E-state index contributed by atoms with van der Waals surface area (Å²) in [5.74, 6) is 0.461. The number of anilines is 1. The lowest BCUT2D eigenvalue weighted by Gasteiger charge is -2.31. The van der Waals surface area contributed by atoms with Gasteiger partial charge in [0.15, 0.2) is 0 Å². The average Bonchev–Trinajstić information content (AvgIpc) is 3.05. The summed E-state index contributed by atoms with van der Waals surface area (Å²) >= 11 is 0. The van der Waals surface area contributed by atoms with Gasteiger partial charge in [0.25, 0.3) is 0 Å². The van der Waals surface area contributed by atoms with Crippen molar-refractivity contribution in [3.8, 4) is 0 Å². The molecule has 128 valence electrons. The second kappa shape index (κ2) is 6.29. The summed E-state index contributed by atoms with van der Waals surface area (Å²) in [4.78, 5) is 22.9. The minimum Gasteiger partial charge on any atom is -0.366 e. The molecular weight excluding hydrogens is 314 g/mol. The number of nitrogens with two attached hydrogens (primary N) is 2. The number of primary amides is 1. The molecular formula is C19H21N5O. The molecule has 2 aliphatic rings. The highest BCUT2D eigenvalue weighted by atomic mass is 16.1. The molecule has 4 N–H and O–H groups in total. The number of piperidine rings is 1. The van der Waals surface area contributed by atoms with E-state index in [9.17, 15) is 4.79 Å². The SMILES string of the molecule is NC(=O)c1ccc2c(c1)C(c1cncc(N3CCC(N)CC3)n1)=CC2. The van der Waals surface area contributed by atoms with Crippen molar-refractivity contribution in [3.05, 3.63) is 59.1 Å². The monoisotopic (exact) mass is 335 g/mol. The van der Waals surface area contributed by atoms with Crippen molar-refractivity contribution in [2.45, 2.75) is 25.3 Å². The molecule has 6 nitrogen and oxygen atoms in total. The standard InChI is InChI=1S/C19H21N5O/c20-14-5-7-24(8-6-14)18-11-22-10-17(23-18)15-4-3-12-1-2-13(19(21)25)9-16(12)15/h1-2,4,9-11,14H,3,5-8,20H2,(H2,21,25). The Morgan fingerprint density at radius 2 is 2.00 bits per heavy atom. The summed E-state index contributed by atoms with van der Waals surface area (Å²) in [5, 5.41) is 0. The van der Waals surface area contributed by atoms with E-state index in [0.717, 1.165) is 55.0 Å². The van der Waals surface area contributed by atoms with Crippen molar-refractivity contribution >= 4 is 17.3 Å². The van der Waals surface area contributed by atoms with Crippen molar-refractivity contribution in [2.75, 3.05) is 18.0 Å². The van der Waals surface area contributed by atoms with E-state index in [2.05, 4.69) is 16.0 Å². The normalized spacial score (nSPS) is 17.3. The summed E-state index contributed by atoms with van der Waals surface area (Å²) in [7, 11) is 0. The Labute approximate surface area is 146 Å². The molecule has 2 aromatic rings. The van der Waals surface area contributed by atoms with Crippen LogP contribution in [0.3, 0.4) is 0 Å². The highest BCUT2D eigenvalue weighted by Crippen LogP contribution is 2.33. The maximum Gasteiger partial charge on any atom is 0.248 e. The largest absolute Gasteiger partial charge is 0.366 e. The number of amides is 1. The number of fused-ring (bicyclic) bond motifs is 1. The summed E-state index contributed by atoms with van der Waals surface area (Å²) in [6, 6.07) is 5.87. The van der Waals surface area contributed by atoms with Crippen LogP contribution in [0, 0.1) is 0 Å². The maximum atomic E-state index is 11.5. The number of benzene rings is 1. The van der Waals surface area contributed by atoms with Crippen LogP contribution in [-0.4, -0.2) is 35.0 Å². The molecule has 1 amide bonds. The van der Waals surface area contributed by atoms with Crippen LogP contribution in [0.25, 0.3) is 5.57 Å². The molecule has 6 heteroatoms. The van der Waals surface area contributed by atoms with Gasteiger partial charge in [-0.2, -0.15) is 0 Å². The quantitative estimate of drug-likeness (QED) is 0.885. The Morgan fingerprint density at radius 1 is 1.20 bits per heavy atom. The Kier molecular flexibility index (Phi) is 3.97. The zero-order valence-corrected chi connectivity index (χ0v) is 14.0. The van der Waals surface area contributed by atoms with Gasteiger partial charge in [0.05, 0.1) is 18.1 Å². The molecule has 0 unspecified atom stereocenters. The van der Waals surface area contributed by atoms with E-state index < -0.39 is 5.91 Å². The highest BCUT2D eigenvalue weighted by molar-refractivity contribution is 5.95. The molecule has 25 heavy (non-hydrogen) atoms. The fourth-order valence-corrected chi connectivity index (χ4v) is 3.49. The molecule has 0 atom stereocenters. The van der Waals surface area contributed by atoms with Crippen molar-refractivity contribution in [1.82, 2.24) is 9.97 Å². The lowest BCUT2D eigenvalue weighted by Crippen LogP contribution is -2.40. The van der Waals surface area contributed by atoms with Gasteiger partial charge in [0.1, 0.15) is 5.82 Å². The summed E-state index contributed by atoms with van der Waals surface area (Å²) in [6.07, 6.45) is 8.48. The van der Waals surface area contributed by atoms with Gasteiger partial charge < -0.3 is 16.4 Å². The minimum atomic E-state index is -0.418. The first-order valence-electron chi connectivity index (χ1n) is 8.58. The number of carbonyl (C=O) groups is 1. The second-order valence-electron chi connectivity index (χ2n) is 6.65. The van der Waals surface area contributed by atoms with E-state index in [1.54, 1.807) is 18.5 Å². The van der Waals surface area contributed by atoms with Gasteiger partial charge in [-0.15, -0.1) is 0 Å². The minimum absolute atomic E-state index is 0.282. The molecule has 2 heterocycles. The van der Waals surface area contributed by atoms with Crippen molar-refractivity contribution in [1.29, 1.82) is 0 Å². The lowest BCUT2D eigenvalue weighted by atomic mass is 10.0. The second-order valence-corrected chi connectivity index (χ2v) is 6.65. The third kappa shape index (κ3) is 3.00. The average molecular weight is 335 g/mol. The summed E-state index contributed by atoms with van der Waals surface area (Å²) in [5.41, 5.74) is 16.0. The Bertz CT molecular complexity index is 853. The molecule has 1 aromatic heterocycles. The van der Waals surface area contributed by atoms with Gasteiger partial charge in [0.2, 0.25) is 5.91 Å². The van der Waals surface area contributed by atoms with Crippen LogP contribution in [0.15, 0.2) is 36.7 Å². The van der Waals surface area contributed by atoms with Gasteiger partial charge in [0, 0.05) is 30.3 Å². The van der Waals surface area contributed by atoms with E-state index in [4.69, 9.17) is 16.5 Å². The van der Waals surface area contributed by atoms with Crippen LogP contribution in [0.2, 0.25) is 0 Å². The first-order chi connectivity index (χ1) is 12.1. The number of nitrogens with zero attached hydrogens (tertiary/aromatic N) is 3. The van der Waals surface area contributed by atoms with E-state index in [1.807, 2.05) is 12.1 Å². The van der Waals surface area contributed by atoms with Crippen molar-refractivity contribution < 1.29 is 4.79 Å². The fourth-order valence-electron chi connectivity index (χ4n) is 3.49. The number of rotatable bonds is 3. The van der Waals surface area contributed by atoms with Crippen molar-refractivity contribution in [3.63, 3.8) is 0 Å². The van der Waals surface area contributed by atoms with Crippen LogP contribution in [0.4, 0.5) is 5.82 Å². The molecule has 1 saturated heterocycles. The summed E-state index contributed by atoms with van der Waals surface area (Å²) < 4.78 is 0. The number of hydrogen-bond acceptors (Lipinski definition) is 5. The molecule has 1 aromatic carbocycles. The van der Waals surface area contributed by atoms with Crippen LogP contribution < -0.4 is 16.4 Å². The van der Waals surface area contributed by atoms with Crippen LogP contribution in [0.1, 0.15) is 40.0 Å². The third-order valence-corrected chi connectivity index (χ3v) is 4.97. The molecule has 0 spiro atoms. The van der Waals surface area contributed by atoms with Gasteiger partial charge in [-0.05, 0) is 42.5 Å². The maximum absolute atomic E-state index is 11.5. The van der Waals surface area contributed by atoms with Crippen LogP contribution >= 0.6 is 0 Å². The van der Waals surface area contributed by atoms with Gasteiger partial charge in [-0.25, -0.2) is 4.98 Å². The van der Waals surface area contributed by atoms with Gasteiger partial charge in [-0.3, -0.25) is 9.78 Å². The highest BCUT2D eigenvalue weighted by Gasteiger charge is 2.21. The summed E-state index contributed by atoms with van der Waals surface area (Å²) in [6.45, 7) is 1.81. The van der Waals surface area contributed by atoms with Gasteiger partial charge >= 0.3 is 0 Å². The third-order valence-electron chi connectivity index (χ3n) is 4.97. The molecule has 0 saturated carbocycles. The Hall–Kier alpha value is -2.73. The number of aromatic nitrogens is 2. The van der Waals surface area contributed by atoms with Crippen molar-refractivity contribution in [2.24, 2.45) is 11.5 Å². The zero-order chi connectivity index (χ0) is 17.4. The molecule has 0 bridgehead atoms. The number of allylic oxidation sites excluding steroid dienone is 1. The van der Waals surface area contributed by atoms with E-state index in [0.29, 0.717) is 5.56 Å². The van der Waals surface area contributed by atoms with E-state index in [-0.39, 0.29) is 6.04 Å². The molecule has 4 rings (SSSR count). The Balaban J connectivity index is 1.65. The predicted molar refractivity (Wildman–Crippen MR) is 97.2 cm³/mol. The smallest absolute Gasteiger partial charge is 0.248 e. The predicted octanol–water partition coefficient (Wildman–Crippen LogP) is 1.49. The van der Waals surface area contributed by atoms with E-state index in [1.165, 1.54) is 5.56 Å².